The van der Waals surface area contributed by atoms with Crippen molar-refractivity contribution in [3.8, 4) is 5.75 Å². The molecule has 0 bridgehead atoms. The van der Waals surface area contributed by atoms with Crippen molar-refractivity contribution in [2.75, 3.05) is 24.6 Å². The van der Waals surface area contributed by atoms with Crippen LogP contribution in [-0.4, -0.2) is 25.7 Å². The Hall–Kier alpha value is -1.78. The van der Waals surface area contributed by atoms with E-state index in [4.69, 9.17) is 4.74 Å². The zero-order valence-electron chi connectivity index (χ0n) is 9.70. The number of nitrogens with zero attached hydrogens (tertiary/aromatic N) is 1. The average Bonchev–Trinajstić information content (AvgIpc) is 2.33. The highest BCUT2D eigenvalue weighted by Gasteiger charge is 2.20. The molecule has 0 atom stereocenters. The van der Waals surface area contributed by atoms with Crippen LogP contribution in [0.15, 0.2) is 18.2 Å². The highest BCUT2D eigenvalue weighted by Crippen LogP contribution is 2.24. The average molecular weight is 238 g/mol. The Kier molecular flexibility index (Phi) is 3.46. The molecule has 5 heteroatoms. The van der Waals surface area contributed by atoms with E-state index >= 15 is 0 Å². The summed E-state index contributed by atoms with van der Waals surface area (Å²) in [4.78, 5) is 13.1. The number of carbonyl (C=O) groups is 1. The quantitative estimate of drug-likeness (QED) is 0.876. The number of hydrogen-bond acceptors (Lipinski definition) is 2. The molecule has 0 aromatic heterocycles. The zero-order chi connectivity index (χ0) is 12.3. The molecule has 1 aromatic rings. The van der Waals surface area contributed by atoms with E-state index in [1.165, 1.54) is 11.0 Å². The van der Waals surface area contributed by atoms with Crippen molar-refractivity contribution in [1.29, 1.82) is 0 Å². The van der Waals surface area contributed by atoms with Crippen LogP contribution in [0.2, 0.25) is 0 Å². The van der Waals surface area contributed by atoms with Crippen LogP contribution in [0.25, 0.3) is 0 Å². The molecule has 4 nitrogen and oxygen atoms in total. The summed E-state index contributed by atoms with van der Waals surface area (Å²) in [5, 5.41) is 2.72. The van der Waals surface area contributed by atoms with Crippen molar-refractivity contribution in [2.45, 2.75) is 13.3 Å². The maximum Gasteiger partial charge on any atom is 0.321 e. The summed E-state index contributed by atoms with van der Waals surface area (Å²) in [5.74, 6) is -0.226. The van der Waals surface area contributed by atoms with Gasteiger partial charge in [-0.05, 0) is 25.5 Å². The third kappa shape index (κ3) is 2.49. The molecule has 0 aliphatic carbocycles. The Morgan fingerprint density at radius 3 is 3.00 bits per heavy atom. The lowest BCUT2D eigenvalue weighted by Crippen LogP contribution is -2.46. The van der Waals surface area contributed by atoms with Gasteiger partial charge < -0.3 is 10.1 Å². The number of anilines is 1. The molecule has 1 aliphatic heterocycles. The first kappa shape index (κ1) is 11.7. The maximum absolute atomic E-state index is 13.6. The lowest BCUT2D eigenvalue weighted by Gasteiger charge is -2.27. The molecule has 1 heterocycles. The van der Waals surface area contributed by atoms with Gasteiger partial charge in [0.1, 0.15) is 0 Å². The van der Waals surface area contributed by atoms with Gasteiger partial charge in [0.2, 0.25) is 0 Å². The third-order valence-corrected chi connectivity index (χ3v) is 2.61. The van der Waals surface area contributed by atoms with Crippen LogP contribution in [0.4, 0.5) is 14.9 Å². The van der Waals surface area contributed by atoms with Crippen LogP contribution in [0.1, 0.15) is 13.3 Å². The summed E-state index contributed by atoms with van der Waals surface area (Å²) in [6.45, 7) is 3.50. The zero-order valence-corrected chi connectivity index (χ0v) is 9.70. The number of carbonyl (C=O) groups excluding carboxylic acids is 1. The maximum atomic E-state index is 13.6. The number of rotatable bonds is 3. The van der Waals surface area contributed by atoms with Crippen LogP contribution in [-0.2, 0) is 0 Å². The summed E-state index contributed by atoms with van der Waals surface area (Å²) in [5.41, 5.74) is 0.558. The number of ether oxygens (including phenoxy) is 1. The SMILES string of the molecule is CCOc1ccc(N2CCCNC2=O)cc1F. The van der Waals surface area contributed by atoms with E-state index in [0.29, 0.717) is 25.4 Å². The van der Waals surface area contributed by atoms with Crippen LogP contribution < -0.4 is 15.0 Å². The second-order valence-electron chi connectivity index (χ2n) is 3.78. The highest BCUT2D eigenvalue weighted by molar-refractivity contribution is 5.92. The van der Waals surface area contributed by atoms with E-state index in [-0.39, 0.29) is 11.8 Å². The van der Waals surface area contributed by atoms with Crippen molar-refractivity contribution >= 4 is 11.7 Å². The van der Waals surface area contributed by atoms with Gasteiger partial charge in [0, 0.05) is 24.8 Å². The Balaban J connectivity index is 2.21. The van der Waals surface area contributed by atoms with E-state index in [0.717, 1.165) is 6.42 Å². The summed E-state index contributed by atoms with van der Waals surface area (Å²) >= 11 is 0. The van der Waals surface area contributed by atoms with Crippen LogP contribution in [0.5, 0.6) is 5.75 Å². The van der Waals surface area contributed by atoms with Crippen molar-refractivity contribution < 1.29 is 13.9 Å². The summed E-state index contributed by atoms with van der Waals surface area (Å²) in [7, 11) is 0. The van der Waals surface area contributed by atoms with Gasteiger partial charge in [-0.1, -0.05) is 0 Å². The Morgan fingerprint density at radius 2 is 2.35 bits per heavy atom. The standard InChI is InChI=1S/C12H15FN2O2/c1-2-17-11-5-4-9(8-10(11)13)15-7-3-6-14-12(15)16/h4-5,8H,2-3,6-7H2,1H3,(H,14,16). The van der Waals surface area contributed by atoms with Gasteiger partial charge in [0.05, 0.1) is 6.61 Å². The van der Waals surface area contributed by atoms with Gasteiger partial charge in [0.25, 0.3) is 0 Å². The fourth-order valence-electron chi connectivity index (χ4n) is 1.81. The largest absolute Gasteiger partial charge is 0.491 e. The summed E-state index contributed by atoms with van der Waals surface area (Å²) in [6, 6.07) is 4.39. The molecule has 0 saturated carbocycles. The van der Waals surface area contributed by atoms with E-state index in [2.05, 4.69) is 5.32 Å². The molecule has 0 spiro atoms. The van der Waals surface area contributed by atoms with Crippen molar-refractivity contribution in [1.82, 2.24) is 5.32 Å². The monoisotopic (exact) mass is 238 g/mol. The first-order valence-electron chi connectivity index (χ1n) is 5.70. The van der Waals surface area contributed by atoms with E-state index < -0.39 is 5.82 Å². The molecule has 2 amide bonds. The number of hydrogen-bond donors (Lipinski definition) is 1. The Morgan fingerprint density at radius 1 is 1.53 bits per heavy atom. The molecule has 17 heavy (non-hydrogen) atoms. The van der Waals surface area contributed by atoms with Gasteiger partial charge in [0.15, 0.2) is 11.6 Å². The van der Waals surface area contributed by atoms with Gasteiger partial charge in [-0.15, -0.1) is 0 Å². The first-order chi connectivity index (χ1) is 8.22. The molecule has 2 rings (SSSR count). The number of nitrogens with one attached hydrogen (secondary N) is 1. The minimum Gasteiger partial charge on any atom is -0.491 e. The molecule has 1 N–H and O–H groups in total. The molecule has 1 saturated heterocycles. The highest BCUT2D eigenvalue weighted by atomic mass is 19.1. The fraction of sp³-hybridized carbons (Fsp3) is 0.417. The topological polar surface area (TPSA) is 41.6 Å². The van der Waals surface area contributed by atoms with Crippen LogP contribution >= 0.6 is 0 Å². The lowest BCUT2D eigenvalue weighted by molar-refractivity contribution is 0.243. The summed E-state index contributed by atoms with van der Waals surface area (Å²) < 4.78 is 18.7. The van der Waals surface area contributed by atoms with Gasteiger partial charge in [-0.2, -0.15) is 0 Å². The second kappa shape index (κ2) is 5.03. The minimum atomic E-state index is -0.442. The van der Waals surface area contributed by atoms with Crippen molar-refractivity contribution in [3.63, 3.8) is 0 Å². The molecule has 1 aliphatic rings. The predicted molar refractivity (Wildman–Crippen MR) is 62.9 cm³/mol. The Bertz CT molecular complexity index is 423. The predicted octanol–water partition coefficient (Wildman–Crippen LogP) is 2.14. The second-order valence-corrected chi connectivity index (χ2v) is 3.78. The van der Waals surface area contributed by atoms with E-state index in [1.54, 1.807) is 19.1 Å². The normalized spacial score (nSPS) is 15.6. The molecule has 1 fully saturated rings. The first-order valence-corrected chi connectivity index (χ1v) is 5.70. The number of amides is 2. The molecule has 92 valence electrons. The van der Waals surface area contributed by atoms with Crippen molar-refractivity contribution in [3.05, 3.63) is 24.0 Å². The number of benzene rings is 1. The van der Waals surface area contributed by atoms with Crippen LogP contribution in [0.3, 0.4) is 0 Å². The number of halogens is 1. The van der Waals surface area contributed by atoms with Gasteiger partial charge >= 0.3 is 6.03 Å². The number of urea groups is 1. The van der Waals surface area contributed by atoms with Gasteiger partial charge in [-0.25, -0.2) is 9.18 Å². The Labute approximate surface area is 99.4 Å². The third-order valence-electron chi connectivity index (χ3n) is 2.61. The lowest BCUT2D eigenvalue weighted by atomic mass is 10.2. The molecule has 1 aromatic carbocycles. The smallest absolute Gasteiger partial charge is 0.321 e. The molecule has 0 unspecified atom stereocenters. The molecule has 0 radical (unpaired) electrons. The summed E-state index contributed by atoms with van der Waals surface area (Å²) in [6.07, 6.45) is 0.862. The van der Waals surface area contributed by atoms with E-state index in [1.807, 2.05) is 0 Å². The molecular formula is C12H15FN2O2. The van der Waals surface area contributed by atoms with E-state index in [9.17, 15) is 9.18 Å². The van der Waals surface area contributed by atoms with Gasteiger partial charge in [-0.3, -0.25) is 4.90 Å². The molecular weight excluding hydrogens is 223 g/mol. The minimum absolute atomic E-state index is 0.181. The van der Waals surface area contributed by atoms with Crippen LogP contribution in [0, 0.1) is 5.82 Å². The van der Waals surface area contributed by atoms with Crippen molar-refractivity contribution in [2.24, 2.45) is 0 Å². The fourth-order valence-corrected chi connectivity index (χ4v) is 1.81.